The zero-order chi connectivity index (χ0) is 17.4. The van der Waals surface area contributed by atoms with E-state index in [1.54, 1.807) is 16.8 Å². The second kappa shape index (κ2) is 6.70. The van der Waals surface area contributed by atoms with Crippen molar-refractivity contribution in [3.63, 3.8) is 0 Å². The minimum absolute atomic E-state index is 0.365. The maximum Gasteiger partial charge on any atom is 0.132 e. The first-order chi connectivity index (χ1) is 12.1. The molecule has 25 heavy (non-hydrogen) atoms. The predicted octanol–water partition coefficient (Wildman–Crippen LogP) is 5.34. The van der Waals surface area contributed by atoms with Gasteiger partial charge in [-0.05, 0) is 49.6 Å². The van der Waals surface area contributed by atoms with Gasteiger partial charge in [-0.2, -0.15) is 0 Å². The molecule has 1 fully saturated rings. The fraction of sp³-hybridized carbons (Fsp3) is 0.263. The number of para-hydroxylation sites is 1. The average Bonchev–Trinajstić information content (AvgIpc) is 3.34. The molecule has 6 heteroatoms. The van der Waals surface area contributed by atoms with Gasteiger partial charge in [0.05, 0.1) is 15.7 Å². The van der Waals surface area contributed by atoms with Crippen molar-refractivity contribution in [2.75, 3.05) is 0 Å². The summed E-state index contributed by atoms with van der Waals surface area (Å²) < 4.78 is 7.72. The van der Waals surface area contributed by atoms with Gasteiger partial charge in [-0.25, -0.2) is 4.68 Å². The van der Waals surface area contributed by atoms with Crippen molar-refractivity contribution in [3.8, 4) is 11.4 Å². The van der Waals surface area contributed by atoms with Gasteiger partial charge in [-0.1, -0.05) is 46.6 Å². The lowest BCUT2D eigenvalue weighted by Gasteiger charge is -2.12. The Morgan fingerprint density at radius 2 is 1.84 bits per heavy atom. The summed E-state index contributed by atoms with van der Waals surface area (Å²) in [6.45, 7) is 2.40. The largest absolute Gasteiger partial charge is 0.487 e. The highest BCUT2D eigenvalue weighted by atomic mass is 35.5. The Bertz CT molecular complexity index is 899. The van der Waals surface area contributed by atoms with E-state index in [1.165, 1.54) is 0 Å². The van der Waals surface area contributed by atoms with E-state index < -0.39 is 0 Å². The van der Waals surface area contributed by atoms with Crippen LogP contribution in [0.5, 0.6) is 5.75 Å². The standard InChI is InChI=1S/C19H17Cl2N3O/c1-12-4-2-5-14(10-12)25-11-17-18(13-8-9-13)22-23-24(17)19-15(20)6-3-7-16(19)21/h2-7,10,13H,8-9,11H2,1H3. The van der Waals surface area contributed by atoms with Crippen LogP contribution in [0.3, 0.4) is 0 Å². The molecule has 0 radical (unpaired) electrons. The summed E-state index contributed by atoms with van der Waals surface area (Å²) in [5, 5.41) is 9.78. The van der Waals surface area contributed by atoms with Gasteiger partial charge < -0.3 is 4.74 Å². The monoisotopic (exact) mass is 373 g/mol. The van der Waals surface area contributed by atoms with Crippen LogP contribution in [0.1, 0.15) is 35.7 Å². The van der Waals surface area contributed by atoms with E-state index in [0.717, 1.165) is 35.5 Å². The number of halogens is 2. The molecule has 0 unspecified atom stereocenters. The van der Waals surface area contributed by atoms with Gasteiger partial charge in [0.2, 0.25) is 0 Å². The topological polar surface area (TPSA) is 39.9 Å². The Morgan fingerprint density at radius 1 is 1.12 bits per heavy atom. The number of hydrogen-bond acceptors (Lipinski definition) is 3. The summed E-state index contributed by atoms with van der Waals surface area (Å²) in [6.07, 6.45) is 2.26. The van der Waals surface area contributed by atoms with Crippen molar-refractivity contribution in [3.05, 3.63) is 69.5 Å². The number of ether oxygens (including phenoxy) is 1. The summed E-state index contributed by atoms with van der Waals surface area (Å²) in [5.41, 5.74) is 3.68. The molecule has 0 N–H and O–H groups in total. The number of benzene rings is 2. The molecule has 2 aromatic carbocycles. The summed E-state index contributed by atoms with van der Waals surface area (Å²) in [5.74, 6) is 1.27. The molecule has 3 aromatic rings. The lowest BCUT2D eigenvalue weighted by Crippen LogP contribution is -2.08. The van der Waals surface area contributed by atoms with Crippen LogP contribution in [0.15, 0.2) is 42.5 Å². The number of hydrogen-bond donors (Lipinski definition) is 0. The molecule has 128 valence electrons. The molecule has 4 nitrogen and oxygen atoms in total. The van der Waals surface area contributed by atoms with Gasteiger partial charge in [0.15, 0.2) is 0 Å². The van der Waals surface area contributed by atoms with E-state index in [1.807, 2.05) is 37.3 Å². The highest BCUT2D eigenvalue weighted by Gasteiger charge is 2.31. The van der Waals surface area contributed by atoms with Gasteiger partial charge in [-0.15, -0.1) is 5.10 Å². The molecule has 0 atom stereocenters. The third-order valence-electron chi connectivity index (χ3n) is 4.27. The second-order valence-electron chi connectivity index (χ2n) is 6.28. The smallest absolute Gasteiger partial charge is 0.132 e. The van der Waals surface area contributed by atoms with Gasteiger partial charge in [-0.3, -0.25) is 0 Å². The Labute approximate surface area is 156 Å². The summed E-state index contributed by atoms with van der Waals surface area (Å²) in [7, 11) is 0. The fourth-order valence-electron chi connectivity index (χ4n) is 2.85. The molecule has 1 aromatic heterocycles. The average molecular weight is 374 g/mol. The van der Waals surface area contributed by atoms with Crippen LogP contribution in [0.4, 0.5) is 0 Å². The molecule has 1 aliphatic rings. The Balaban J connectivity index is 1.71. The van der Waals surface area contributed by atoms with Crippen LogP contribution in [0.2, 0.25) is 10.0 Å². The van der Waals surface area contributed by atoms with E-state index in [-0.39, 0.29) is 0 Å². The minimum Gasteiger partial charge on any atom is -0.487 e. The number of aromatic nitrogens is 3. The second-order valence-corrected chi connectivity index (χ2v) is 7.10. The molecule has 1 saturated carbocycles. The molecule has 0 amide bonds. The normalized spacial score (nSPS) is 13.9. The number of aryl methyl sites for hydroxylation is 1. The van der Waals surface area contributed by atoms with E-state index >= 15 is 0 Å². The Kier molecular flexibility index (Phi) is 4.40. The quantitative estimate of drug-likeness (QED) is 0.605. The number of rotatable bonds is 5. The highest BCUT2D eigenvalue weighted by molar-refractivity contribution is 6.37. The SMILES string of the molecule is Cc1cccc(OCc2c(C3CC3)nnn2-c2c(Cl)cccc2Cl)c1. The maximum absolute atomic E-state index is 6.36. The third-order valence-corrected chi connectivity index (χ3v) is 4.88. The third kappa shape index (κ3) is 3.37. The van der Waals surface area contributed by atoms with Crippen molar-refractivity contribution >= 4 is 23.2 Å². The van der Waals surface area contributed by atoms with Crippen LogP contribution in [-0.4, -0.2) is 15.0 Å². The molecule has 0 aliphatic heterocycles. The molecular formula is C19H17Cl2N3O. The van der Waals surface area contributed by atoms with Crippen LogP contribution < -0.4 is 4.74 Å². The van der Waals surface area contributed by atoms with E-state index in [0.29, 0.717) is 28.3 Å². The fourth-order valence-corrected chi connectivity index (χ4v) is 3.41. The molecule has 0 bridgehead atoms. The van der Waals surface area contributed by atoms with Gasteiger partial charge in [0.1, 0.15) is 23.7 Å². The van der Waals surface area contributed by atoms with Crippen molar-refractivity contribution in [1.82, 2.24) is 15.0 Å². The first-order valence-corrected chi connectivity index (χ1v) is 8.97. The van der Waals surface area contributed by atoms with Crippen molar-refractivity contribution in [2.45, 2.75) is 32.3 Å². The lowest BCUT2D eigenvalue weighted by molar-refractivity contribution is 0.296. The molecule has 0 spiro atoms. The zero-order valence-electron chi connectivity index (χ0n) is 13.7. The summed E-state index contributed by atoms with van der Waals surface area (Å²) >= 11 is 12.7. The van der Waals surface area contributed by atoms with Crippen molar-refractivity contribution in [1.29, 1.82) is 0 Å². The van der Waals surface area contributed by atoms with Crippen LogP contribution in [0, 0.1) is 6.92 Å². The van der Waals surface area contributed by atoms with E-state index in [9.17, 15) is 0 Å². The van der Waals surface area contributed by atoms with Crippen LogP contribution in [-0.2, 0) is 6.61 Å². The zero-order valence-corrected chi connectivity index (χ0v) is 15.3. The number of nitrogens with zero attached hydrogens (tertiary/aromatic N) is 3. The minimum atomic E-state index is 0.365. The molecule has 1 aliphatic carbocycles. The first-order valence-electron chi connectivity index (χ1n) is 8.22. The van der Waals surface area contributed by atoms with E-state index in [4.69, 9.17) is 27.9 Å². The first kappa shape index (κ1) is 16.4. The van der Waals surface area contributed by atoms with Gasteiger partial charge >= 0.3 is 0 Å². The maximum atomic E-state index is 6.36. The van der Waals surface area contributed by atoms with Crippen molar-refractivity contribution < 1.29 is 4.74 Å². The Morgan fingerprint density at radius 3 is 2.52 bits per heavy atom. The summed E-state index contributed by atoms with van der Waals surface area (Å²) in [6, 6.07) is 13.4. The van der Waals surface area contributed by atoms with Crippen LogP contribution in [0.25, 0.3) is 5.69 Å². The molecule has 1 heterocycles. The summed E-state index contributed by atoms with van der Waals surface area (Å²) in [4.78, 5) is 0. The van der Waals surface area contributed by atoms with E-state index in [2.05, 4.69) is 10.3 Å². The highest BCUT2D eigenvalue weighted by Crippen LogP contribution is 2.41. The van der Waals surface area contributed by atoms with Gasteiger partial charge in [0, 0.05) is 5.92 Å². The molecule has 0 saturated heterocycles. The van der Waals surface area contributed by atoms with Crippen molar-refractivity contribution in [2.24, 2.45) is 0 Å². The van der Waals surface area contributed by atoms with Gasteiger partial charge in [0.25, 0.3) is 0 Å². The molecule has 4 rings (SSSR count). The Hall–Kier alpha value is -2.04. The predicted molar refractivity (Wildman–Crippen MR) is 98.9 cm³/mol. The lowest BCUT2D eigenvalue weighted by atomic mass is 10.2. The molecular weight excluding hydrogens is 357 g/mol. The van der Waals surface area contributed by atoms with Crippen LogP contribution >= 0.6 is 23.2 Å².